The molecule has 2 saturated heterocycles. The van der Waals surface area contributed by atoms with E-state index < -0.39 is 0 Å². The van der Waals surface area contributed by atoms with E-state index in [1.54, 1.807) is 0 Å². The summed E-state index contributed by atoms with van der Waals surface area (Å²) < 4.78 is 5.91. The number of halogens is 1. The van der Waals surface area contributed by atoms with Crippen LogP contribution in [-0.4, -0.2) is 43.9 Å². The van der Waals surface area contributed by atoms with Crippen molar-refractivity contribution in [1.82, 2.24) is 10.2 Å². The van der Waals surface area contributed by atoms with Gasteiger partial charge in [0.05, 0.1) is 6.61 Å². The normalized spacial score (nSPS) is 34.1. The van der Waals surface area contributed by atoms with Gasteiger partial charge in [-0.05, 0) is 26.4 Å². The van der Waals surface area contributed by atoms with Crippen LogP contribution in [0.5, 0.6) is 0 Å². The molecule has 0 amide bonds. The highest BCUT2D eigenvalue weighted by molar-refractivity contribution is 5.85. The Morgan fingerprint density at radius 1 is 1.35 bits per heavy atom. The van der Waals surface area contributed by atoms with Crippen molar-refractivity contribution in [2.75, 3.05) is 26.7 Å². The number of hydrogen-bond donors (Lipinski definition) is 1. The molecule has 2 heterocycles. The molecule has 2 unspecified atom stereocenters. The standard InChI is InChI=1S/C13H26N2O.ClH/c1-13(2)9-14-12(16-10-13)8-11-6-4-5-7-15(11)3;/h11-12,14H,4-10H2,1-3H3;1H. The van der Waals surface area contributed by atoms with Crippen LogP contribution in [0.25, 0.3) is 0 Å². The monoisotopic (exact) mass is 262 g/mol. The minimum absolute atomic E-state index is 0. The molecular formula is C13H27ClN2O. The molecule has 102 valence electrons. The first-order valence-corrected chi connectivity index (χ1v) is 6.62. The zero-order chi connectivity index (χ0) is 11.6. The maximum Gasteiger partial charge on any atom is 0.109 e. The molecule has 1 N–H and O–H groups in total. The van der Waals surface area contributed by atoms with Crippen LogP contribution in [0.4, 0.5) is 0 Å². The van der Waals surface area contributed by atoms with Gasteiger partial charge in [-0.2, -0.15) is 0 Å². The van der Waals surface area contributed by atoms with Crippen LogP contribution in [0.1, 0.15) is 39.5 Å². The van der Waals surface area contributed by atoms with E-state index >= 15 is 0 Å². The molecular weight excluding hydrogens is 236 g/mol. The van der Waals surface area contributed by atoms with Gasteiger partial charge in [-0.3, -0.25) is 5.32 Å². The minimum Gasteiger partial charge on any atom is -0.363 e. The predicted molar refractivity (Wildman–Crippen MR) is 73.7 cm³/mol. The highest BCUT2D eigenvalue weighted by Crippen LogP contribution is 2.24. The molecule has 2 aliphatic heterocycles. The second-order valence-electron chi connectivity index (χ2n) is 6.21. The Bertz CT molecular complexity index is 225. The number of rotatable bonds is 2. The second kappa shape index (κ2) is 6.37. The maximum absolute atomic E-state index is 5.91. The number of likely N-dealkylation sites (tertiary alicyclic amines) is 1. The van der Waals surface area contributed by atoms with Gasteiger partial charge in [0.25, 0.3) is 0 Å². The lowest BCUT2D eigenvalue weighted by atomic mass is 9.92. The van der Waals surface area contributed by atoms with Crippen LogP contribution >= 0.6 is 12.4 Å². The summed E-state index contributed by atoms with van der Waals surface area (Å²) in [5.41, 5.74) is 0.301. The summed E-state index contributed by atoms with van der Waals surface area (Å²) in [6, 6.07) is 0.715. The minimum atomic E-state index is 0. The van der Waals surface area contributed by atoms with Crippen molar-refractivity contribution in [1.29, 1.82) is 0 Å². The van der Waals surface area contributed by atoms with Gasteiger partial charge in [0, 0.05) is 24.4 Å². The summed E-state index contributed by atoms with van der Waals surface area (Å²) in [5, 5.41) is 3.53. The van der Waals surface area contributed by atoms with E-state index in [0.29, 0.717) is 11.5 Å². The van der Waals surface area contributed by atoms with Crippen molar-refractivity contribution in [2.24, 2.45) is 5.41 Å². The van der Waals surface area contributed by atoms with Gasteiger partial charge in [-0.25, -0.2) is 0 Å². The third-order valence-corrected chi connectivity index (χ3v) is 3.89. The average molecular weight is 263 g/mol. The van der Waals surface area contributed by atoms with Crippen molar-refractivity contribution in [3.63, 3.8) is 0 Å². The number of ether oxygens (including phenoxy) is 1. The molecule has 2 rings (SSSR count). The van der Waals surface area contributed by atoms with E-state index in [0.717, 1.165) is 19.6 Å². The summed E-state index contributed by atoms with van der Waals surface area (Å²) in [4.78, 5) is 2.49. The van der Waals surface area contributed by atoms with Gasteiger partial charge in [0.1, 0.15) is 6.23 Å². The zero-order valence-corrected chi connectivity index (χ0v) is 12.2. The van der Waals surface area contributed by atoms with E-state index in [-0.39, 0.29) is 18.6 Å². The Morgan fingerprint density at radius 2 is 2.12 bits per heavy atom. The molecule has 0 aliphatic carbocycles. The van der Waals surface area contributed by atoms with Crippen LogP contribution in [0.15, 0.2) is 0 Å². The van der Waals surface area contributed by atoms with Gasteiger partial charge in [-0.1, -0.05) is 20.3 Å². The van der Waals surface area contributed by atoms with Gasteiger partial charge in [0.15, 0.2) is 0 Å². The van der Waals surface area contributed by atoms with Crippen molar-refractivity contribution in [2.45, 2.75) is 51.8 Å². The van der Waals surface area contributed by atoms with Gasteiger partial charge in [0.2, 0.25) is 0 Å². The molecule has 2 atom stereocenters. The maximum atomic E-state index is 5.91. The van der Waals surface area contributed by atoms with E-state index in [9.17, 15) is 0 Å². The number of nitrogens with one attached hydrogen (secondary N) is 1. The summed E-state index contributed by atoms with van der Waals surface area (Å²) in [7, 11) is 2.25. The molecule has 0 bridgehead atoms. The molecule has 17 heavy (non-hydrogen) atoms. The highest BCUT2D eigenvalue weighted by atomic mass is 35.5. The fourth-order valence-corrected chi connectivity index (χ4v) is 2.67. The van der Waals surface area contributed by atoms with Crippen molar-refractivity contribution in [3.05, 3.63) is 0 Å². The molecule has 2 fully saturated rings. The Labute approximate surface area is 112 Å². The predicted octanol–water partition coefficient (Wildman–Crippen LogP) is 2.25. The molecule has 0 aromatic heterocycles. The van der Waals surface area contributed by atoms with Crippen LogP contribution < -0.4 is 5.32 Å². The third-order valence-electron chi connectivity index (χ3n) is 3.89. The lowest BCUT2D eigenvalue weighted by Crippen LogP contribution is -2.50. The molecule has 0 aromatic carbocycles. The van der Waals surface area contributed by atoms with Crippen molar-refractivity contribution in [3.8, 4) is 0 Å². The lowest BCUT2D eigenvalue weighted by Gasteiger charge is -2.39. The summed E-state index contributed by atoms with van der Waals surface area (Å²) in [5.74, 6) is 0. The first kappa shape index (κ1) is 15.2. The lowest BCUT2D eigenvalue weighted by molar-refractivity contribution is -0.0718. The Morgan fingerprint density at radius 3 is 2.71 bits per heavy atom. The summed E-state index contributed by atoms with van der Waals surface area (Å²) in [6.45, 7) is 7.73. The number of nitrogens with zero attached hydrogens (tertiary/aromatic N) is 1. The largest absolute Gasteiger partial charge is 0.363 e. The Hall–Kier alpha value is 0.170. The number of piperidine rings is 1. The molecule has 3 nitrogen and oxygen atoms in total. The SMILES string of the molecule is CN1CCCCC1CC1NCC(C)(C)CO1.Cl. The Kier molecular flexibility index (Phi) is 5.71. The molecule has 0 aromatic rings. The first-order chi connectivity index (χ1) is 7.57. The van der Waals surface area contributed by atoms with Gasteiger partial charge >= 0.3 is 0 Å². The quantitative estimate of drug-likeness (QED) is 0.826. The average Bonchev–Trinajstić information content (AvgIpc) is 2.24. The van der Waals surface area contributed by atoms with Crippen molar-refractivity contribution < 1.29 is 4.74 Å². The summed E-state index contributed by atoms with van der Waals surface area (Å²) >= 11 is 0. The van der Waals surface area contributed by atoms with Gasteiger partial charge in [-0.15, -0.1) is 12.4 Å². The van der Waals surface area contributed by atoms with Crippen LogP contribution in [-0.2, 0) is 4.74 Å². The fourth-order valence-electron chi connectivity index (χ4n) is 2.67. The van der Waals surface area contributed by atoms with Crippen LogP contribution in [0.2, 0.25) is 0 Å². The molecule has 2 aliphatic rings. The number of hydrogen-bond acceptors (Lipinski definition) is 3. The fraction of sp³-hybridized carbons (Fsp3) is 1.00. The van der Waals surface area contributed by atoms with E-state index in [2.05, 4.69) is 31.1 Å². The molecule has 0 radical (unpaired) electrons. The molecule has 4 heteroatoms. The topological polar surface area (TPSA) is 24.5 Å². The van der Waals surface area contributed by atoms with E-state index in [1.165, 1.54) is 25.8 Å². The second-order valence-corrected chi connectivity index (χ2v) is 6.21. The highest BCUT2D eigenvalue weighted by Gasteiger charge is 2.30. The smallest absolute Gasteiger partial charge is 0.109 e. The first-order valence-electron chi connectivity index (χ1n) is 6.62. The van der Waals surface area contributed by atoms with Crippen molar-refractivity contribution >= 4 is 12.4 Å². The van der Waals surface area contributed by atoms with Crippen LogP contribution in [0.3, 0.4) is 0 Å². The van der Waals surface area contributed by atoms with Crippen LogP contribution in [0, 0.1) is 5.41 Å². The van der Waals surface area contributed by atoms with E-state index in [4.69, 9.17) is 4.74 Å². The summed E-state index contributed by atoms with van der Waals surface area (Å²) in [6.07, 6.45) is 5.50. The Balaban J connectivity index is 0.00000144. The van der Waals surface area contributed by atoms with E-state index in [1.807, 2.05) is 0 Å². The van der Waals surface area contributed by atoms with Gasteiger partial charge < -0.3 is 9.64 Å². The third kappa shape index (κ3) is 4.40. The molecule has 0 saturated carbocycles. The zero-order valence-electron chi connectivity index (χ0n) is 11.4. The molecule has 0 spiro atoms.